The third-order valence-electron chi connectivity index (χ3n) is 2.52. The van der Waals surface area contributed by atoms with Gasteiger partial charge in [-0.1, -0.05) is 11.6 Å². The van der Waals surface area contributed by atoms with Crippen LogP contribution in [0.1, 0.15) is 10.4 Å². The first-order valence-corrected chi connectivity index (χ1v) is 6.94. The summed E-state index contributed by atoms with van der Waals surface area (Å²) < 4.78 is 0.959. The molecular formula is C13H8ClIN2O3. The molecule has 0 atom stereocenters. The molecule has 1 N–H and O–H groups in total. The van der Waals surface area contributed by atoms with E-state index in [4.69, 9.17) is 11.6 Å². The molecule has 102 valence electrons. The van der Waals surface area contributed by atoms with Crippen LogP contribution in [0.15, 0.2) is 42.5 Å². The summed E-state index contributed by atoms with van der Waals surface area (Å²) in [5.74, 6) is -0.372. The second kappa shape index (κ2) is 6.19. The molecule has 0 saturated carbocycles. The summed E-state index contributed by atoms with van der Waals surface area (Å²) in [6.07, 6.45) is 0. The average Bonchev–Trinajstić information content (AvgIpc) is 2.42. The molecule has 0 unspecified atom stereocenters. The van der Waals surface area contributed by atoms with Crippen molar-refractivity contribution in [1.29, 1.82) is 0 Å². The molecule has 0 radical (unpaired) electrons. The lowest BCUT2D eigenvalue weighted by Crippen LogP contribution is -2.12. The van der Waals surface area contributed by atoms with Gasteiger partial charge in [-0.25, -0.2) is 0 Å². The van der Waals surface area contributed by atoms with Gasteiger partial charge in [0.2, 0.25) is 0 Å². The molecule has 7 heteroatoms. The number of amides is 1. The molecule has 0 fully saturated rings. The summed E-state index contributed by atoms with van der Waals surface area (Å²) in [6, 6.07) is 10.6. The zero-order valence-corrected chi connectivity index (χ0v) is 12.9. The van der Waals surface area contributed by atoms with Crippen LogP contribution in [-0.2, 0) is 0 Å². The summed E-state index contributed by atoms with van der Waals surface area (Å²) in [5.41, 5.74) is 0.759. The minimum atomic E-state index is -0.516. The zero-order chi connectivity index (χ0) is 14.7. The molecule has 0 aliphatic heterocycles. The molecule has 2 aromatic rings. The highest BCUT2D eigenvalue weighted by Crippen LogP contribution is 2.24. The van der Waals surface area contributed by atoms with Gasteiger partial charge in [0.25, 0.3) is 11.6 Å². The number of nitro groups is 1. The van der Waals surface area contributed by atoms with Gasteiger partial charge in [0.15, 0.2) is 0 Å². The fraction of sp³-hybridized carbons (Fsp3) is 0. The summed E-state index contributed by atoms with van der Waals surface area (Å²) in [4.78, 5) is 22.0. The van der Waals surface area contributed by atoms with Crippen molar-refractivity contribution >= 4 is 51.5 Å². The first kappa shape index (κ1) is 14.7. The maximum atomic E-state index is 12.0. The second-order valence-electron chi connectivity index (χ2n) is 3.88. The number of benzene rings is 2. The summed E-state index contributed by atoms with van der Waals surface area (Å²) in [7, 11) is 0. The van der Waals surface area contributed by atoms with Crippen molar-refractivity contribution in [3.05, 3.63) is 66.7 Å². The van der Waals surface area contributed by atoms with E-state index in [9.17, 15) is 14.9 Å². The smallest absolute Gasteiger partial charge is 0.269 e. The normalized spacial score (nSPS) is 10.1. The first-order valence-electron chi connectivity index (χ1n) is 5.48. The Bertz CT molecular complexity index is 674. The van der Waals surface area contributed by atoms with Crippen LogP contribution in [0.2, 0.25) is 5.02 Å². The lowest BCUT2D eigenvalue weighted by molar-refractivity contribution is -0.384. The number of hydrogen-bond acceptors (Lipinski definition) is 3. The first-order chi connectivity index (χ1) is 9.47. The van der Waals surface area contributed by atoms with E-state index in [-0.39, 0.29) is 11.6 Å². The average molecular weight is 403 g/mol. The van der Waals surface area contributed by atoms with Crippen molar-refractivity contribution < 1.29 is 9.72 Å². The third kappa shape index (κ3) is 3.45. The Morgan fingerprint density at radius 1 is 1.20 bits per heavy atom. The van der Waals surface area contributed by atoms with Gasteiger partial charge in [-0.3, -0.25) is 14.9 Å². The van der Waals surface area contributed by atoms with Crippen LogP contribution in [0.4, 0.5) is 11.4 Å². The van der Waals surface area contributed by atoms with Crippen LogP contribution in [0.25, 0.3) is 0 Å². The van der Waals surface area contributed by atoms with Gasteiger partial charge < -0.3 is 5.32 Å². The van der Waals surface area contributed by atoms with Gasteiger partial charge in [0.05, 0.1) is 15.6 Å². The molecule has 0 bridgehead atoms. The van der Waals surface area contributed by atoms with Crippen molar-refractivity contribution in [2.45, 2.75) is 0 Å². The SMILES string of the molecule is O=C(Nc1ccc(I)cc1Cl)c1ccc([N+](=O)[O-])cc1. The Balaban J connectivity index is 2.17. The van der Waals surface area contributed by atoms with Crippen molar-refractivity contribution in [3.63, 3.8) is 0 Å². The summed E-state index contributed by atoms with van der Waals surface area (Å²) in [5, 5.41) is 13.6. The minimum absolute atomic E-state index is 0.0613. The van der Waals surface area contributed by atoms with Crippen LogP contribution >= 0.6 is 34.2 Å². The zero-order valence-electron chi connectivity index (χ0n) is 9.97. The standard InChI is InChI=1S/C13H8ClIN2O3/c14-11-7-9(15)3-6-12(11)16-13(18)8-1-4-10(5-2-8)17(19)20/h1-7H,(H,16,18). The van der Waals surface area contributed by atoms with Crippen molar-refractivity contribution in [3.8, 4) is 0 Å². The van der Waals surface area contributed by atoms with Gasteiger partial charge in [-0.15, -0.1) is 0 Å². The Kier molecular flexibility index (Phi) is 4.56. The number of hydrogen-bond donors (Lipinski definition) is 1. The summed E-state index contributed by atoms with van der Waals surface area (Å²) in [6.45, 7) is 0. The van der Waals surface area contributed by atoms with E-state index in [1.165, 1.54) is 24.3 Å². The van der Waals surface area contributed by atoms with E-state index in [2.05, 4.69) is 27.9 Å². The van der Waals surface area contributed by atoms with E-state index < -0.39 is 4.92 Å². The highest BCUT2D eigenvalue weighted by molar-refractivity contribution is 14.1. The van der Waals surface area contributed by atoms with Gasteiger partial charge in [0, 0.05) is 21.3 Å². The predicted molar refractivity (Wildman–Crippen MR) is 85.2 cm³/mol. The number of non-ortho nitro benzene ring substituents is 1. The number of nitrogens with zero attached hydrogens (tertiary/aromatic N) is 1. The Labute approximate surface area is 133 Å². The molecule has 20 heavy (non-hydrogen) atoms. The largest absolute Gasteiger partial charge is 0.321 e. The van der Waals surface area contributed by atoms with Gasteiger partial charge in [0.1, 0.15) is 0 Å². The third-order valence-corrected chi connectivity index (χ3v) is 3.50. The molecule has 2 rings (SSSR count). The number of rotatable bonds is 3. The summed E-state index contributed by atoms with van der Waals surface area (Å²) >= 11 is 8.14. The van der Waals surface area contributed by atoms with Crippen molar-refractivity contribution in [1.82, 2.24) is 0 Å². The maximum absolute atomic E-state index is 12.0. The van der Waals surface area contributed by atoms with Gasteiger partial charge >= 0.3 is 0 Å². The number of nitrogens with one attached hydrogen (secondary N) is 1. The lowest BCUT2D eigenvalue weighted by Gasteiger charge is -2.07. The van der Waals surface area contributed by atoms with Crippen LogP contribution in [-0.4, -0.2) is 10.8 Å². The molecule has 0 aromatic heterocycles. The topological polar surface area (TPSA) is 72.2 Å². The Morgan fingerprint density at radius 2 is 1.85 bits per heavy atom. The molecule has 0 saturated heterocycles. The van der Waals surface area contributed by atoms with Crippen LogP contribution in [0.5, 0.6) is 0 Å². The molecule has 2 aromatic carbocycles. The molecule has 5 nitrogen and oxygen atoms in total. The Morgan fingerprint density at radius 3 is 2.40 bits per heavy atom. The second-order valence-corrected chi connectivity index (χ2v) is 5.54. The van der Waals surface area contributed by atoms with Gasteiger partial charge in [-0.05, 0) is 52.9 Å². The van der Waals surface area contributed by atoms with E-state index >= 15 is 0 Å². The highest BCUT2D eigenvalue weighted by Gasteiger charge is 2.11. The Hall–Kier alpha value is -1.67. The van der Waals surface area contributed by atoms with Crippen LogP contribution in [0.3, 0.4) is 0 Å². The number of nitro benzene ring substituents is 1. The van der Waals surface area contributed by atoms with E-state index in [0.717, 1.165) is 3.57 Å². The van der Waals surface area contributed by atoms with Crippen molar-refractivity contribution in [2.24, 2.45) is 0 Å². The van der Waals surface area contributed by atoms with Gasteiger partial charge in [-0.2, -0.15) is 0 Å². The quantitative estimate of drug-likeness (QED) is 0.477. The fourth-order valence-electron chi connectivity index (χ4n) is 1.52. The monoisotopic (exact) mass is 402 g/mol. The number of anilines is 1. The molecule has 0 aliphatic rings. The molecule has 1 amide bonds. The number of carbonyl (C=O) groups excluding carboxylic acids is 1. The lowest BCUT2D eigenvalue weighted by atomic mass is 10.2. The molecular weight excluding hydrogens is 395 g/mol. The number of halogens is 2. The maximum Gasteiger partial charge on any atom is 0.269 e. The molecule has 0 heterocycles. The fourth-order valence-corrected chi connectivity index (χ4v) is 2.42. The van der Waals surface area contributed by atoms with Crippen molar-refractivity contribution in [2.75, 3.05) is 5.32 Å². The van der Waals surface area contributed by atoms with Crippen LogP contribution < -0.4 is 5.32 Å². The molecule has 0 aliphatic carbocycles. The minimum Gasteiger partial charge on any atom is -0.321 e. The van der Waals surface area contributed by atoms with E-state index in [0.29, 0.717) is 16.3 Å². The highest BCUT2D eigenvalue weighted by atomic mass is 127. The molecule has 0 spiro atoms. The number of carbonyl (C=O) groups is 1. The predicted octanol–water partition coefficient (Wildman–Crippen LogP) is 4.11. The van der Waals surface area contributed by atoms with E-state index in [1.807, 2.05) is 6.07 Å². The van der Waals surface area contributed by atoms with Crippen LogP contribution in [0, 0.1) is 13.7 Å². The van der Waals surface area contributed by atoms with E-state index in [1.54, 1.807) is 12.1 Å².